The summed E-state index contributed by atoms with van der Waals surface area (Å²) in [7, 11) is 1.75. The maximum atomic E-state index is 6.22. The zero-order chi connectivity index (χ0) is 15.9. The van der Waals surface area contributed by atoms with Crippen LogP contribution in [0.15, 0.2) is 48.2 Å². The molecule has 2 aliphatic heterocycles. The van der Waals surface area contributed by atoms with Gasteiger partial charge in [-0.25, -0.2) is 0 Å². The largest absolute Gasteiger partial charge is 0.383 e. The second kappa shape index (κ2) is 5.78. The third-order valence-corrected chi connectivity index (χ3v) is 5.07. The fraction of sp³-hybridized carbons (Fsp3) is 0.474. The van der Waals surface area contributed by atoms with E-state index in [2.05, 4.69) is 54.3 Å². The van der Waals surface area contributed by atoms with Crippen LogP contribution >= 0.6 is 0 Å². The summed E-state index contributed by atoms with van der Waals surface area (Å²) in [6.45, 7) is 5.32. The van der Waals surface area contributed by atoms with Crippen LogP contribution in [-0.4, -0.2) is 45.7 Å². The summed E-state index contributed by atoms with van der Waals surface area (Å²) < 4.78 is 16.8. The summed E-state index contributed by atoms with van der Waals surface area (Å²) in [5.74, 6) is 0. The minimum atomic E-state index is -0.159. The predicted octanol–water partition coefficient (Wildman–Crippen LogP) is 2.65. The summed E-state index contributed by atoms with van der Waals surface area (Å²) in [6.07, 6.45) is 6.80. The highest BCUT2D eigenvalue weighted by Gasteiger charge is 2.49. The van der Waals surface area contributed by atoms with E-state index in [0.29, 0.717) is 13.2 Å². The van der Waals surface area contributed by atoms with E-state index in [-0.39, 0.29) is 17.6 Å². The normalized spacial score (nSPS) is 30.9. The van der Waals surface area contributed by atoms with Crippen LogP contribution in [0.4, 0.5) is 5.69 Å². The number of rotatable bonds is 6. The van der Waals surface area contributed by atoms with E-state index in [9.17, 15) is 0 Å². The average molecular weight is 313 g/mol. The van der Waals surface area contributed by atoms with Crippen LogP contribution in [0.25, 0.3) is 0 Å². The molecule has 0 N–H and O–H groups in total. The van der Waals surface area contributed by atoms with Crippen molar-refractivity contribution in [2.75, 3.05) is 38.4 Å². The maximum absolute atomic E-state index is 6.22. The molecule has 23 heavy (non-hydrogen) atoms. The number of nitrogens with zero attached hydrogens (tertiary/aromatic N) is 1. The highest BCUT2D eigenvalue weighted by atomic mass is 16.6. The minimum absolute atomic E-state index is 0.0281. The maximum Gasteiger partial charge on any atom is 0.104 e. The van der Waals surface area contributed by atoms with E-state index in [1.54, 1.807) is 7.11 Å². The number of anilines is 1. The molecule has 1 aromatic rings. The van der Waals surface area contributed by atoms with Crippen molar-refractivity contribution in [2.45, 2.75) is 24.5 Å². The van der Waals surface area contributed by atoms with Crippen molar-refractivity contribution in [1.82, 2.24) is 0 Å². The summed E-state index contributed by atoms with van der Waals surface area (Å²) >= 11 is 0. The van der Waals surface area contributed by atoms with Gasteiger partial charge in [-0.05, 0) is 24.6 Å². The topological polar surface area (TPSA) is 34.2 Å². The van der Waals surface area contributed by atoms with Crippen molar-refractivity contribution in [1.29, 1.82) is 0 Å². The first-order valence-corrected chi connectivity index (χ1v) is 8.23. The van der Waals surface area contributed by atoms with Crippen LogP contribution in [-0.2, 0) is 19.6 Å². The highest BCUT2D eigenvalue weighted by Crippen LogP contribution is 2.52. The van der Waals surface area contributed by atoms with Gasteiger partial charge in [0.25, 0.3) is 0 Å². The molecule has 1 aromatic carbocycles. The minimum Gasteiger partial charge on any atom is -0.383 e. The van der Waals surface area contributed by atoms with Gasteiger partial charge in [-0.3, -0.25) is 0 Å². The van der Waals surface area contributed by atoms with E-state index in [0.717, 1.165) is 13.2 Å². The van der Waals surface area contributed by atoms with Crippen molar-refractivity contribution in [3.63, 3.8) is 0 Å². The van der Waals surface area contributed by atoms with Gasteiger partial charge in [-0.1, -0.05) is 30.4 Å². The summed E-state index contributed by atoms with van der Waals surface area (Å²) in [6, 6.07) is 8.62. The monoisotopic (exact) mass is 313 g/mol. The van der Waals surface area contributed by atoms with E-state index in [4.69, 9.17) is 14.2 Å². The van der Waals surface area contributed by atoms with Crippen molar-refractivity contribution in [3.05, 3.63) is 53.8 Å². The molecule has 1 fully saturated rings. The Balaban J connectivity index is 1.70. The molecular formula is C19H23NO3. The first-order valence-electron chi connectivity index (χ1n) is 8.23. The number of fused-ring (bicyclic) bond motifs is 3. The second-order valence-corrected chi connectivity index (χ2v) is 6.51. The van der Waals surface area contributed by atoms with E-state index >= 15 is 0 Å². The molecule has 3 atom stereocenters. The molecule has 3 aliphatic rings. The van der Waals surface area contributed by atoms with Gasteiger partial charge in [0.15, 0.2) is 0 Å². The molecule has 0 amide bonds. The molecule has 0 saturated carbocycles. The number of hydrogen-bond acceptors (Lipinski definition) is 4. The standard InChI is InChI=1S/C19H23NO3/c1-19-15-6-3-4-7-16(15)20(10-11-21-2)17(19)8-5-9-18(19)23-13-14-12-22-14/h3-9,14,18H,10-13H2,1-2H3. The zero-order valence-corrected chi connectivity index (χ0v) is 13.7. The molecule has 0 bridgehead atoms. The van der Waals surface area contributed by atoms with Gasteiger partial charge >= 0.3 is 0 Å². The lowest BCUT2D eigenvalue weighted by molar-refractivity contribution is 0.0356. The zero-order valence-electron chi connectivity index (χ0n) is 13.7. The van der Waals surface area contributed by atoms with Crippen LogP contribution in [0.2, 0.25) is 0 Å². The van der Waals surface area contributed by atoms with Crippen LogP contribution in [0.5, 0.6) is 0 Å². The number of ether oxygens (including phenoxy) is 3. The van der Waals surface area contributed by atoms with E-state index < -0.39 is 0 Å². The molecule has 4 heteroatoms. The Bertz CT molecular complexity index is 650. The summed E-state index contributed by atoms with van der Waals surface area (Å²) in [5.41, 5.74) is 3.72. The number of methoxy groups -OCH3 is 1. The van der Waals surface area contributed by atoms with Crippen molar-refractivity contribution < 1.29 is 14.2 Å². The molecule has 0 spiro atoms. The number of allylic oxidation sites excluding steroid dienone is 2. The first kappa shape index (κ1) is 14.9. The van der Waals surface area contributed by atoms with Crippen molar-refractivity contribution >= 4 is 5.69 Å². The van der Waals surface area contributed by atoms with Gasteiger partial charge in [0.2, 0.25) is 0 Å². The first-order chi connectivity index (χ1) is 11.2. The predicted molar refractivity (Wildman–Crippen MR) is 89.7 cm³/mol. The number of para-hydroxylation sites is 1. The quantitative estimate of drug-likeness (QED) is 0.756. The Morgan fingerprint density at radius 3 is 2.96 bits per heavy atom. The molecule has 0 radical (unpaired) electrons. The number of benzene rings is 1. The Morgan fingerprint density at radius 1 is 1.35 bits per heavy atom. The van der Waals surface area contributed by atoms with Gasteiger partial charge < -0.3 is 19.1 Å². The number of epoxide rings is 1. The van der Waals surface area contributed by atoms with Crippen molar-refractivity contribution in [2.24, 2.45) is 0 Å². The molecule has 1 aliphatic carbocycles. The fourth-order valence-corrected chi connectivity index (χ4v) is 3.72. The lowest BCUT2D eigenvalue weighted by Crippen LogP contribution is -2.42. The van der Waals surface area contributed by atoms with Crippen LogP contribution in [0.3, 0.4) is 0 Å². The van der Waals surface area contributed by atoms with Crippen LogP contribution in [0.1, 0.15) is 12.5 Å². The molecular weight excluding hydrogens is 290 g/mol. The van der Waals surface area contributed by atoms with Gasteiger partial charge in [-0.15, -0.1) is 0 Å². The lowest BCUT2D eigenvalue weighted by atomic mass is 9.74. The molecule has 1 saturated heterocycles. The smallest absolute Gasteiger partial charge is 0.104 e. The van der Waals surface area contributed by atoms with Gasteiger partial charge in [0, 0.05) is 25.0 Å². The molecule has 2 heterocycles. The van der Waals surface area contributed by atoms with Gasteiger partial charge in [-0.2, -0.15) is 0 Å². The Morgan fingerprint density at radius 2 is 2.17 bits per heavy atom. The fourth-order valence-electron chi connectivity index (χ4n) is 3.72. The van der Waals surface area contributed by atoms with E-state index in [1.807, 2.05) is 0 Å². The lowest BCUT2D eigenvalue weighted by Gasteiger charge is -2.37. The molecule has 4 rings (SSSR count). The second-order valence-electron chi connectivity index (χ2n) is 6.51. The average Bonchev–Trinajstić information content (AvgIpc) is 3.36. The SMILES string of the molecule is COCCN1C2=CC=CC(OCC3CO3)C2(C)c2ccccc21. The Hall–Kier alpha value is -1.62. The molecule has 0 aromatic heterocycles. The van der Waals surface area contributed by atoms with Gasteiger partial charge in [0.1, 0.15) is 6.10 Å². The summed E-state index contributed by atoms with van der Waals surface area (Å²) in [5, 5.41) is 0. The molecule has 4 nitrogen and oxygen atoms in total. The van der Waals surface area contributed by atoms with Gasteiger partial charge in [0.05, 0.1) is 31.3 Å². The Labute approximate surface area is 137 Å². The number of hydrogen-bond donors (Lipinski definition) is 0. The third-order valence-electron chi connectivity index (χ3n) is 5.07. The summed E-state index contributed by atoms with van der Waals surface area (Å²) in [4.78, 5) is 2.37. The Kier molecular flexibility index (Phi) is 3.76. The van der Waals surface area contributed by atoms with E-state index in [1.165, 1.54) is 16.9 Å². The van der Waals surface area contributed by atoms with Crippen molar-refractivity contribution in [3.8, 4) is 0 Å². The molecule has 3 unspecified atom stereocenters. The van der Waals surface area contributed by atoms with Crippen LogP contribution < -0.4 is 4.90 Å². The highest BCUT2D eigenvalue weighted by molar-refractivity contribution is 5.72. The molecule has 122 valence electrons. The van der Waals surface area contributed by atoms with Crippen LogP contribution in [0, 0.1) is 0 Å². The third kappa shape index (κ3) is 2.42.